The first-order valence-electron chi connectivity index (χ1n) is 4.07. The summed E-state index contributed by atoms with van der Waals surface area (Å²) in [7, 11) is 0. The Hall–Kier alpha value is -1.11. The number of hydrogen-bond donors (Lipinski definition) is 0. The summed E-state index contributed by atoms with van der Waals surface area (Å²) in [5.74, 6) is 0. The molecule has 1 heteroatoms. The molecule has 0 spiro atoms. The van der Waals surface area contributed by atoms with Crippen LogP contribution in [-0.4, -0.2) is 5.71 Å². The van der Waals surface area contributed by atoms with Gasteiger partial charge in [0.1, 0.15) is 0 Å². The molecule has 0 aromatic rings. The molecule has 0 saturated carbocycles. The topological polar surface area (TPSA) is 12.4 Å². The third-order valence-electron chi connectivity index (χ3n) is 1.54. The van der Waals surface area contributed by atoms with Gasteiger partial charge in [-0.1, -0.05) is 32.1 Å². The van der Waals surface area contributed by atoms with Crippen molar-refractivity contribution in [2.75, 3.05) is 0 Å². The molecule has 11 heavy (non-hydrogen) atoms. The first-order chi connectivity index (χ1) is 5.47. The van der Waals surface area contributed by atoms with Crippen LogP contribution in [0.25, 0.3) is 0 Å². The minimum absolute atomic E-state index is 0.999. The van der Waals surface area contributed by atoms with Crippen molar-refractivity contribution >= 4 is 5.71 Å². The fourth-order valence-electron chi connectivity index (χ4n) is 1.05. The first kappa shape index (κ1) is 7.99. The van der Waals surface area contributed by atoms with Crippen molar-refractivity contribution in [1.82, 2.24) is 0 Å². The molecule has 2 aliphatic rings. The van der Waals surface area contributed by atoms with Gasteiger partial charge >= 0.3 is 0 Å². The zero-order valence-corrected chi connectivity index (χ0v) is 7.04. The van der Waals surface area contributed by atoms with Gasteiger partial charge < -0.3 is 0 Å². The van der Waals surface area contributed by atoms with E-state index < -0.39 is 0 Å². The van der Waals surface area contributed by atoms with Gasteiger partial charge in [-0.25, -0.2) is 0 Å². The van der Waals surface area contributed by atoms with Crippen LogP contribution in [0.15, 0.2) is 41.1 Å². The predicted molar refractivity (Wildman–Crippen MR) is 49.8 cm³/mol. The Morgan fingerprint density at radius 2 is 2.18 bits per heavy atom. The molecular weight excluding hydrogens is 134 g/mol. The molecule has 0 amide bonds. The molecular formula is C10H13N. The largest absolute Gasteiger partial charge is 0.260 e. The summed E-state index contributed by atoms with van der Waals surface area (Å²) in [5.41, 5.74) is 2.48. The fourth-order valence-corrected chi connectivity index (χ4v) is 1.05. The smallest absolute Gasteiger partial charge is 0.0514 e. The molecule has 1 aliphatic heterocycles. The highest BCUT2D eigenvalue weighted by atomic mass is 14.7. The first-order valence-corrected chi connectivity index (χ1v) is 4.07. The SMILES string of the molecule is C1=CCC2=NC=CC2=C1.CC. The maximum Gasteiger partial charge on any atom is 0.0514 e. The normalized spacial score (nSPS) is 18.0. The van der Waals surface area contributed by atoms with E-state index in [9.17, 15) is 0 Å². The van der Waals surface area contributed by atoms with Crippen molar-refractivity contribution in [2.45, 2.75) is 20.3 Å². The van der Waals surface area contributed by atoms with Crippen LogP contribution >= 0.6 is 0 Å². The number of hydrogen-bond acceptors (Lipinski definition) is 1. The average molecular weight is 147 g/mol. The number of nitrogens with zero attached hydrogens (tertiary/aromatic N) is 1. The lowest BCUT2D eigenvalue weighted by molar-refractivity contribution is 1.41. The zero-order chi connectivity index (χ0) is 8.10. The third-order valence-corrected chi connectivity index (χ3v) is 1.54. The second kappa shape index (κ2) is 3.91. The van der Waals surface area contributed by atoms with Crippen molar-refractivity contribution in [3.05, 3.63) is 36.1 Å². The molecule has 0 aromatic heterocycles. The molecule has 0 aromatic carbocycles. The van der Waals surface area contributed by atoms with E-state index in [1.807, 2.05) is 26.1 Å². The maximum absolute atomic E-state index is 4.17. The van der Waals surface area contributed by atoms with Crippen LogP contribution in [-0.2, 0) is 0 Å². The van der Waals surface area contributed by atoms with E-state index in [1.54, 1.807) is 0 Å². The van der Waals surface area contributed by atoms with Gasteiger partial charge in [0.25, 0.3) is 0 Å². The maximum atomic E-state index is 4.17. The molecule has 1 heterocycles. The van der Waals surface area contributed by atoms with Crippen molar-refractivity contribution in [3.63, 3.8) is 0 Å². The third kappa shape index (κ3) is 1.67. The van der Waals surface area contributed by atoms with Gasteiger partial charge in [0, 0.05) is 12.6 Å². The molecule has 0 unspecified atom stereocenters. The lowest BCUT2D eigenvalue weighted by Gasteiger charge is -2.01. The van der Waals surface area contributed by atoms with E-state index in [2.05, 4.69) is 23.2 Å². The molecule has 0 saturated heterocycles. The Morgan fingerprint density at radius 1 is 1.36 bits per heavy atom. The molecule has 2 rings (SSSR count). The van der Waals surface area contributed by atoms with E-state index in [-0.39, 0.29) is 0 Å². The molecule has 0 fully saturated rings. The van der Waals surface area contributed by atoms with Gasteiger partial charge in [0.15, 0.2) is 0 Å². The molecule has 0 N–H and O–H groups in total. The van der Waals surface area contributed by atoms with Crippen LogP contribution in [0.2, 0.25) is 0 Å². The van der Waals surface area contributed by atoms with Gasteiger partial charge in [-0.05, 0) is 11.6 Å². The standard InChI is InChI=1S/C8H7N.C2H6/c1-2-4-8-7(3-1)5-6-9-8;1-2/h1-3,5-6H,4H2;1-2H3. The summed E-state index contributed by atoms with van der Waals surface area (Å²) in [6.45, 7) is 4.00. The second-order valence-corrected chi connectivity index (χ2v) is 2.15. The highest BCUT2D eigenvalue weighted by molar-refractivity contribution is 6.06. The van der Waals surface area contributed by atoms with E-state index >= 15 is 0 Å². The lowest BCUT2D eigenvalue weighted by Crippen LogP contribution is -1.97. The van der Waals surface area contributed by atoms with E-state index in [0.717, 1.165) is 6.42 Å². The van der Waals surface area contributed by atoms with Gasteiger partial charge in [-0.15, -0.1) is 0 Å². The van der Waals surface area contributed by atoms with Crippen LogP contribution in [0.5, 0.6) is 0 Å². The van der Waals surface area contributed by atoms with Crippen LogP contribution in [0.3, 0.4) is 0 Å². The van der Waals surface area contributed by atoms with E-state index in [1.165, 1.54) is 11.3 Å². The Balaban J connectivity index is 0.000000281. The van der Waals surface area contributed by atoms with E-state index in [0.29, 0.717) is 0 Å². The summed E-state index contributed by atoms with van der Waals surface area (Å²) in [6, 6.07) is 0. The van der Waals surface area contributed by atoms with E-state index in [4.69, 9.17) is 0 Å². The molecule has 1 nitrogen and oxygen atoms in total. The van der Waals surface area contributed by atoms with Crippen molar-refractivity contribution < 1.29 is 0 Å². The monoisotopic (exact) mass is 147 g/mol. The highest BCUT2D eigenvalue weighted by Crippen LogP contribution is 2.15. The summed E-state index contributed by atoms with van der Waals surface area (Å²) < 4.78 is 0. The summed E-state index contributed by atoms with van der Waals surface area (Å²) in [6.07, 6.45) is 11.2. The Labute approximate surface area is 67.8 Å². The second-order valence-electron chi connectivity index (χ2n) is 2.15. The quantitative estimate of drug-likeness (QED) is 0.499. The van der Waals surface area contributed by atoms with Gasteiger partial charge in [-0.2, -0.15) is 0 Å². The number of allylic oxidation sites excluding steroid dienone is 5. The van der Waals surface area contributed by atoms with Crippen LogP contribution in [0.1, 0.15) is 20.3 Å². The number of rotatable bonds is 0. The van der Waals surface area contributed by atoms with Crippen molar-refractivity contribution in [3.8, 4) is 0 Å². The Morgan fingerprint density at radius 3 is 2.91 bits per heavy atom. The molecule has 1 aliphatic carbocycles. The minimum Gasteiger partial charge on any atom is -0.260 e. The summed E-state index contributed by atoms with van der Waals surface area (Å²) in [4.78, 5) is 4.17. The van der Waals surface area contributed by atoms with Crippen LogP contribution in [0, 0.1) is 0 Å². The molecule has 58 valence electrons. The number of aliphatic imine (C=N–C) groups is 1. The molecule has 0 bridgehead atoms. The lowest BCUT2D eigenvalue weighted by atomic mass is 10.0. The van der Waals surface area contributed by atoms with Crippen molar-refractivity contribution in [1.29, 1.82) is 0 Å². The average Bonchev–Trinajstić information content (AvgIpc) is 2.55. The van der Waals surface area contributed by atoms with Crippen LogP contribution in [0.4, 0.5) is 0 Å². The van der Waals surface area contributed by atoms with Crippen molar-refractivity contribution in [2.24, 2.45) is 4.99 Å². The Bertz CT molecular complexity index is 242. The summed E-state index contributed by atoms with van der Waals surface area (Å²) >= 11 is 0. The van der Waals surface area contributed by atoms with Crippen LogP contribution < -0.4 is 0 Å². The Kier molecular flexibility index (Phi) is 2.84. The molecule has 0 radical (unpaired) electrons. The molecule has 0 atom stereocenters. The van der Waals surface area contributed by atoms with Gasteiger partial charge in [0.05, 0.1) is 5.71 Å². The summed E-state index contributed by atoms with van der Waals surface area (Å²) in [5, 5.41) is 0. The van der Waals surface area contributed by atoms with Gasteiger partial charge in [0.2, 0.25) is 0 Å². The highest BCUT2D eigenvalue weighted by Gasteiger charge is 2.07. The fraction of sp³-hybridized carbons (Fsp3) is 0.300. The predicted octanol–water partition coefficient (Wildman–Crippen LogP) is 2.87. The number of fused-ring (bicyclic) bond motifs is 1. The zero-order valence-electron chi connectivity index (χ0n) is 7.04. The van der Waals surface area contributed by atoms with Gasteiger partial charge in [-0.3, -0.25) is 4.99 Å². The minimum atomic E-state index is 0.999.